The van der Waals surface area contributed by atoms with E-state index in [1.54, 1.807) is 17.7 Å². The molecule has 0 radical (unpaired) electrons. The van der Waals surface area contributed by atoms with E-state index in [0.717, 1.165) is 26.4 Å². The smallest absolute Gasteiger partial charge is 0.349 e. The number of nitrogens with one attached hydrogen (secondary N) is 1. The van der Waals surface area contributed by atoms with Crippen molar-refractivity contribution >= 4 is 0 Å². The Bertz CT molecular complexity index is 652. The van der Waals surface area contributed by atoms with Gasteiger partial charge in [-0.15, -0.1) is 0 Å². The minimum absolute atomic E-state index is 0. The van der Waals surface area contributed by atoms with E-state index in [4.69, 9.17) is 10.2 Å². The molecular formula is C13H22N4O5. The lowest BCUT2D eigenvalue weighted by atomic mass is 10.2. The highest BCUT2D eigenvalue weighted by Crippen LogP contribution is 2.13. The van der Waals surface area contributed by atoms with E-state index >= 15 is 0 Å². The molecule has 0 atom stereocenters. The maximum absolute atomic E-state index is 11.7. The van der Waals surface area contributed by atoms with Crippen LogP contribution in [-0.2, 0) is 6.54 Å². The van der Waals surface area contributed by atoms with Gasteiger partial charge in [-0.05, 0) is 26.2 Å². The van der Waals surface area contributed by atoms with E-state index in [-0.39, 0.29) is 17.8 Å². The Morgan fingerprint density at radius 2 is 1.86 bits per heavy atom. The zero-order valence-electron chi connectivity index (χ0n) is 12.7. The summed E-state index contributed by atoms with van der Waals surface area (Å²) in [4.78, 5) is 33.0. The number of aliphatic hydroxyl groups excluding tert-OH is 2. The van der Waals surface area contributed by atoms with E-state index in [2.05, 4.69) is 15.0 Å². The number of fused-ring (bicyclic) bond motifs is 1. The van der Waals surface area contributed by atoms with Crippen LogP contribution in [0.3, 0.4) is 0 Å². The van der Waals surface area contributed by atoms with Gasteiger partial charge in [0.05, 0.1) is 5.69 Å². The van der Waals surface area contributed by atoms with Crippen LogP contribution >= 0.6 is 0 Å². The Kier molecular flexibility index (Phi) is 8.83. The summed E-state index contributed by atoms with van der Waals surface area (Å²) in [7, 11) is 1.00. The molecule has 2 aliphatic rings. The molecule has 0 unspecified atom stereocenters. The molecule has 0 saturated carbocycles. The molecule has 0 bridgehead atoms. The van der Waals surface area contributed by atoms with Crippen LogP contribution in [0.15, 0.2) is 15.8 Å². The topological polar surface area (TPSA) is 153 Å². The predicted octanol–water partition coefficient (Wildman–Crippen LogP) is -1.31. The van der Waals surface area contributed by atoms with Crippen LogP contribution < -0.4 is 11.2 Å². The van der Waals surface area contributed by atoms with E-state index in [0.29, 0.717) is 18.1 Å². The van der Waals surface area contributed by atoms with Gasteiger partial charge in [0.25, 0.3) is 5.56 Å². The highest BCUT2D eigenvalue weighted by molar-refractivity contribution is 5.48. The molecule has 9 nitrogen and oxygen atoms in total. The van der Waals surface area contributed by atoms with Crippen LogP contribution in [0.5, 0.6) is 0 Å². The second kappa shape index (κ2) is 9.77. The first-order valence-corrected chi connectivity index (χ1v) is 6.65. The second-order valence-electron chi connectivity index (χ2n) is 4.40. The SMILES string of the molecule is CO.Cc1cn(CCCCCO)c2nc(=O)[nH]c(=O)c-2n1.O. The average Bonchev–Trinajstić information content (AvgIpc) is 2.47. The Morgan fingerprint density at radius 1 is 1.18 bits per heavy atom. The van der Waals surface area contributed by atoms with Crippen LogP contribution in [0.2, 0.25) is 0 Å². The minimum atomic E-state index is -0.660. The van der Waals surface area contributed by atoms with Crippen molar-refractivity contribution in [3.63, 3.8) is 0 Å². The highest BCUT2D eigenvalue weighted by Gasteiger charge is 2.15. The van der Waals surface area contributed by atoms with Gasteiger partial charge in [0.2, 0.25) is 0 Å². The molecule has 5 N–H and O–H groups in total. The Hall–Kier alpha value is -2.10. The third kappa shape index (κ3) is 5.02. The highest BCUT2D eigenvalue weighted by atomic mass is 16.3. The number of aromatic amines is 1. The minimum Gasteiger partial charge on any atom is -0.412 e. The molecule has 0 spiro atoms. The van der Waals surface area contributed by atoms with Crippen LogP contribution in [0.4, 0.5) is 0 Å². The van der Waals surface area contributed by atoms with Crippen LogP contribution in [-0.4, -0.2) is 48.9 Å². The normalized spacial score (nSPS) is 9.82. The zero-order chi connectivity index (χ0) is 15.8. The molecule has 0 fully saturated rings. The van der Waals surface area contributed by atoms with Gasteiger partial charge in [-0.2, -0.15) is 4.98 Å². The molecular weight excluding hydrogens is 292 g/mol. The van der Waals surface area contributed by atoms with E-state index < -0.39 is 11.2 Å². The lowest BCUT2D eigenvalue weighted by molar-refractivity contribution is 0.282. The number of nitrogens with zero attached hydrogens (tertiary/aromatic N) is 3. The van der Waals surface area contributed by atoms with Crippen LogP contribution in [0, 0.1) is 6.92 Å². The number of rotatable bonds is 5. The fraction of sp³-hybridized carbons (Fsp3) is 0.538. The van der Waals surface area contributed by atoms with Crippen molar-refractivity contribution in [2.75, 3.05) is 13.7 Å². The molecule has 2 heterocycles. The van der Waals surface area contributed by atoms with E-state index in [9.17, 15) is 9.59 Å². The summed E-state index contributed by atoms with van der Waals surface area (Å²) in [6, 6.07) is 0. The molecule has 0 aromatic heterocycles. The molecule has 9 heteroatoms. The standard InChI is InChI=1S/C12H16N4O3.CH4O.H2O/c1-8-7-16(5-3-2-4-6-17)10-9(13-8)11(18)15-12(19)14-10;1-2;/h7,17H,2-6H2,1H3,(H,15,18,19);2H,1H3;1H2. The van der Waals surface area contributed by atoms with Gasteiger partial charge in [-0.3, -0.25) is 9.78 Å². The summed E-state index contributed by atoms with van der Waals surface area (Å²) in [5.74, 6) is 0.309. The van der Waals surface area contributed by atoms with Crippen molar-refractivity contribution in [1.82, 2.24) is 19.5 Å². The molecule has 0 aromatic carbocycles. The van der Waals surface area contributed by atoms with Crippen molar-refractivity contribution < 1.29 is 15.7 Å². The van der Waals surface area contributed by atoms with E-state index in [1.165, 1.54) is 0 Å². The average molecular weight is 314 g/mol. The maximum atomic E-state index is 11.7. The maximum Gasteiger partial charge on any atom is 0.349 e. The second-order valence-corrected chi connectivity index (χ2v) is 4.40. The quantitative estimate of drug-likeness (QED) is 0.582. The largest absolute Gasteiger partial charge is 0.412 e. The lowest BCUT2D eigenvalue weighted by Gasteiger charge is -2.13. The summed E-state index contributed by atoms with van der Waals surface area (Å²) in [5.41, 5.74) is -0.294. The molecule has 0 saturated heterocycles. The number of unbranched alkanes of at least 4 members (excludes halogenated alkanes) is 2. The molecule has 0 aromatic rings. The van der Waals surface area contributed by atoms with Crippen molar-refractivity contribution in [2.24, 2.45) is 0 Å². The predicted molar refractivity (Wildman–Crippen MR) is 81.0 cm³/mol. The van der Waals surface area contributed by atoms with Crippen molar-refractivity contribution in [1.29, 1.82) is 0 Å². The number of aryl methyl sites for hydroxylation is 2. The van der Waals surface area contributed by atoms with Gasteiger partial charge >= 0.3 is 5.69 Å². The fourth-order valence-corrected chi connectivity index (χ4v) is 1.97. The molecule has 2 rings (SSSR count). The molecule has 0 aliphatic carbocycles. The fourth-order valence-electron chi connectivity index (χ4n) is 1.97. The van der Waals surface area contributed by atoms with Gasteiger partial charge in [0.15, 0.2) is 11.5 Å². The Morgan fingerprint density at radius 3 is 2.50 bits per heavy atom. The zero-order valence-corrected chi connectivity index (χ0v) is 12.7. The third-order valence-corrected chi connectivity index (χ3v) is 2.81. The monoisotopic (exact) mass is 314 g/mol. The number of H-pyrrole nitrogens is 1. The Balaban J connectivity index is 0.00000141. The van der Waals surface area contributed by atoms with Crippen molar-refractivity contribution in [3.8, 4) is 11.5 Å². The summed E-state index contributed by atoms with van der Waals surface area (Å²) < 4.78 is 1.77. The Labute approximate surface area is 127 Å². The van der Waals surface area contributed by atoms with Gasteiger partial charge in [0, 0.05) is 26.5 Å². The summed E-state index contributed by atoms with van der Waals surface area (Å²) in [6.45, 7) is 2.59. The number of aromatic nitrogens is 4. The van der Waals surface area contributed by atoms with Crippen molar-refractivity contribution in [2.45, 2.75) is 32.7 Å². The summed E-state index contributed by atoms with van der Waals surface area (Å²) in [5, 5.41) is 15.7. The van der Waals surface area contributed by atoms with Gasteiger partial charge in [0.1, 0.15) is 0 Å². The third-order valence-electron chi connectivity index (χ3n) is 2.81. The molecule has 2 aliphatic heterocycles. The lowest BCUT2D eigenvalue weighted by Crippen LogP contribution is -2.29. The first-order valence-electron chi connectivity index (χ1n) is 6.65. The number of hydrogen-bond acceptors (Lipinski definition) is 6. The molecule has 124 valence electrons. The van der Waals surface area contributed by atoms with Gasteiger partial charge in [-0.1, -0.05) is 0 Å². The first kappa shape index (κ1) is 19.9. The van der Waals surface area contributed by atoms with E-state index in [1.807, 2.05) is 0 Å². The first-order chi connectivity index (χ1) is 10.1. The summed E-state index contributed by atoms with van der Waals surface area (Å²) in [6.07, 6.45) is 4.22. The van der Waals surface area contributed by atoms with Gasteiger partial charge in [-0.25, -0.2) is 9.78 Å². The number of aliphatic hydroxyl groups is 2. The van der Waals surface area contributed by atoms with Crippen LogP contribution in [0.25, 0.3) is 11.5 Å². The van der Waals surface area contributed by atoms with Crippen LogP contribution in [0.1, 0.15) is 25.0 Å². The molecule has 0 amide bonds. The van der Waals surface area contributed by atoms with Gasteiger partial charge < -0.3 is 20.3 Å². The number of hydrogen-bond donors (Lipinski definition) is 3. The van der Waals surface area contributed by atoms with Crippen molar-refractivity contribution in [3.05, 3.63) is 32.7 Å². The molecule has 22 heavy (non-hydrogen) atoms. The summed E-state index contributed by atoms with van der Waals surface area (Å²) >= 11 is 0.